The van der Waals surface area contributed by atoms with E-state index in [2.05, 4.69) is 0 Å². The maximum absolute atomic E-state index is 11.6. The Morgan fingerprint density at radius 2 is 1.67 bits per heavy atom. The van der Waals surface area contributed by atoms with Gasteiger partial charge < -0.3 is 5.11 Å². The second kappa shape index (κ2) is 4.75. The lowest BCUT2D eigenvalue weighted by Crippen LogP contribution is -2.02. The standard InChI is InChI=1S/C11H9ClO3/c1-7(6-12)10(13)8-2-4-9(5-3-8)11(14)15/h2-6H,1H3,(H,14,15). The minimum absolute atomic E-state index is 0.152. The number of Topliss-reactive ketones (excluding diaryl/α,β-unsaturated/α-hetero) is 1. The Balaban J connectivity index is 2.99. The monoisotopic (exact) mass is 224 g/mol. The quantitative estimate of drug-likeness (QED) is 0.635. The molecule has 0 fully saturated rings. The molecule has 78 valence electrons. The van der Waals surface area contributed by atoms with Gasteiger partial charge in [-0.25, -0.2) is 4.79 Å². The summed E-state index contributed by atoms with van der Waals surface area (Å²) < 4.78 is 0. The number of carboxylic acid groups (broad SMARTS) is 1. The van der Waals surface area contributed by atoms with E-state index in [0.29, 0.717) is 11.1 Å². The highest BCUT2D eigenvalue weighted by Gasteiger charge is 2.08. The number of halogens is 1. The second-order valence-electron chi connectivity index (χ2n) is 3.00. The maximum Gasteiger partial charge on any atom is 0.335 e. The number of hydrogen-bond donors (Lipinski definition) is 1. The molecule has 1 rings (SSSR count). The van der Waals surface area contributed by atoms with Crippen molar-refractivity contribution >= 4 is 23.4 Å². The molecule has 0 saturated carbocycles. The van der Waals surface area contributed by atoms with Crippen LogP contribution in [0.15, 0.2) is 35.4 Å². The van der Waals surface area contributed by atoms with Crippen LogP contribution in [0.25, 0.3) is 0 Å². The van der Waals surface area contributed by atoms with Crippen LogP contribution in [0.5, 0.6) is 0 Å². The molecule has 0 atom stereocenters. The molecule has 0 bridgehead atoms. The molecule has 0 saturated heterocycles. The first-order valence-electron chi connectivity index (χ1n) is 4.21. The van der Waals surface area contributed by atoms with Gasteiger partial charge in [0, 0.05) is 16.7 Å². The average molecular weight is 225 g/mol. The zero-order valence-corrected chi connectivity index (χ0v) is 8.78. The summed E-state index contributed by atoms with van der Waals surface area (Å²) in [6.45, 7) is 1.60. The SMILES string of the molecule is CC(=CCl)C(=O)c1ccc(C(=O)O)cc1. The summed E-state index contributed by atoms with van der Waals surface area (Å²) in [5.41, 5.74) is 2.20. The fraction of sp³-hybridized carbons (Fsp3) is 0.0909. The van der Waals surface area contributed by atoms with Gasteiger partial charge in [-0.05, 0) is 19.1 Å². The summed E-state index contributed by atoms with van der Waals surface area (Å²) in [4.78, 5) is 22.1. The Morgan fingerprint density at radius 3 is 2.07 bits per heavy atom. The van der Waals surface area contributed by atoms with Crippen LogP contribution in [0, 0.1) is 0 Å². The van der Waals surface area contributed by atoms with Crippen molar-refractivity contribution in [3.8, 4) is 0 Å². The van der Waals surface area contributed by atoms with E-state index >= 15 is 0 Å². The van der Waals surface area contributed by atoms with Gasteiger partial charge in [0.1, 0.15) is 0 Å². The van der Waals surface area contributed by atoms with Gasteiger partial charge in [0.2, 0.25) is 0 Å². The van der Waals surface area contributed by atoms with Crippen molar-refractivity contribution in [1.82, 2.24) is 0 Å². The second-order valence-corrected chi connectivity index (χ2v) is 3.22. The minimum Gasteiger partial charge on any atom is -0.478 e. The number of aromatic carboxylic acids is 1. The Labute approximate surface area is 92.0 Å². The predicted octanol–water partition coefficient (Wildman–Crippen LogP) is 2.71. The van der Waals surface area contributed by atoms with Crippen molar-refractivity contribution in [1.29, 1.82) is 0 Å². The fourth-order valence-corrected chi connectivity index (χ4v) is 1.14. The van der Waals surface area contributed by atoms with Gasteiger partial charge in [0.15, 0.2) is 5.78 Å². The molecule has 0 amide bonds. The molecular formula is C11H9ClO3. The van der Waals surface area contributed by atoms with Crippen LogP contribution < -0.4 is 0 Å². The normalized spacial score (nSPS) is 11.2. The van der Waals surface area contributed by atoms with E-state index < -0.39 is 5.97 Å². The molecule has 1 aromatic carbocycles. The smallest absolute Gasteiger partial charge is 0.335 e. The number of carboxylic acids is 1. The van der Waals surface area contributed by atoms with Crippen LogP contribution in [0.1, 0.15) is 27.6 Å². The van der Waals surface area contributed by atoms with E-state index in [1.54, 1.807) is 6.92 Å². The van der Waals surface area contributed by atoms with Gasteiger partial charge in [-0.3, -0.25) is 4.79 Å². The third kappa shape index (κ3) is 2.67. The molecule has 15 heavy (non-hydrogen) atoms. The number of carbonyl (C=O) groups is 2. The molecule has 0 aliphatic rings. The Bertz CT molecular complexity index is 418. The van der Waals surface area contributed by atoms with E-state index in [0.717, 1.165) is 0 Å². The van der Waals surface area contributed by atoms with Crippen LogP contribution in [-0.2, 0) is 0 Å². The van der Waals surface area contributed by atoms with E-state index in [-0.39, 0.29) is 11.3 Å². The van der Waals surface area contributed by atoms with E-state index in [1.807, 2.05) is 0 Å². The molecule has 0 radical (unpaired) electrons. The lowest BCUT2D eigenvalue weighted by atomic mass is 10.0. The van der Waals surface area contributed by atoms with Crippen molar-refractivity contribution in [2.24, 2.45) is 0 Å². The molecule has 0 aliphatic heterocycles. The Kier molecular flexibility index (Phi) is 3.63. The van der Waals surface area contributed by atoms with Crippen LogP contribution >= 0.6 is 11.6 Å². The molecule has 4 heteroatoms. The van der Waals surface area contributed by atoms with E-state index in [4.69, 9.17) is 16.7 Å². The first-order chi connectivity index (χ1) is 7.06. The summed E-state index contributed by atoms with van der Waals surface area (Å²) in [5, 5.41) is 8.65. The lowest BCUT2D eigenvalue weighted by molar-refractivity contribution is 0.0696. The lowest BCUT2D eigenvalue weighted by Gasteiger charge is -2.00. The highest BCUT2D eigenvalue weighted by atomic mass is 35.5. The van der Waals surface area contributed by atoms with Gasteiger partial charge in [0.05, 0.1) is 5.56 Å². The van der Waals surface area contributed by atoms with E-state index in [1.165, 1.54) is 29.8 Å². The van der Waals surface area contributed by atoms with Gasteiger partial charge in [-0.2, -0.15) is 0 Å². The topological polar surface area (TPSA) is 54.4 Å². The van der Waals surface area contributed by atoms with E-state index in [9.17, 15) is 9.59 Å². The molecular weight excluding hydrogens is 216 g/mol. The molecule has 0 aromatic heterocycles. The number of ketones is 1. The molecule has 0 aliphatic carbocycles. The van der Waals surface area contributed by atoms with Gasteiger partial charge in [-0.15, -0.1) is 0 Å². The number of allylic oxidation sites excluding steroid dienone is 1. The fourth-order valence-electron chi connectivity index (χ4n) is 1.04. The average Bonchev–Trinajstić information content (AvgIpc) is 2.27. The first-order valence-corrected chi connectivity index (χ1v) is 4.65. The molecule has 3 nitrogen and oxygen atoms in total. The Morgan fingerprint density at radius 1 is 1.20 bits per heavy atom. The van der Waals surface area contributed by atoms with Crippen molar-refractivity contribution < 1.29 is 14.7 Å². The molecule has 1 N–H and O–H groups in total. The van der Waals surface area contributed by atoms with Gasteiger partial charge >= 0.3 is 5.97 Å². The van der Waals surface area contributed by atoms with Crippen molar-refractivity contribution in [3.63, 3.8) is 0 Å². The van der Waals surface area contributed by atoms with Crippen LogP contribution in [0.4, 0.5) is 0 Å². The zero-order chi connectivity index (χ0) is 11.4. The number of hydrogen-bond acceptors (Lipinski definition) is 2. The van der Waals surface area contributed by atoms with Crippen molar-refractivity contribution in [2.75, 3.05) is 0 Å². The largest absolute Gasteiger partial charge is 0.478 e. The summed E-state index contributed by atoms with van der Waals surface area (Å²) in [7, 11) is 0. The van der Waals surface area contributed by atoms with Crippen molar-refractivity contribution in [2.45, 2.75) is 6.92 Å². The number of benzene rings is 1. The van der Waals surface area contributed by atoms with Gasteiger partial charge in [0.25, 0.3) is 0 Å². The number of carbonyl (C=O) groups excluding carboxylic acids is 1. The summed E-state index contributed by atoms with van der Waals surface area (Å²) in [6, 6.07) is 5.71. The van der Waals surface area contributed by atoms with Gasteiger partial charge in [-0.1, -0.05) is 23.7 Å². The molecule has 1 aromatic rings. The van der Waals surface area contributed by atoms with Crippen LogP contribution in [0.2, 0.25) is 0 Å². The van der Waals surface area contributed by atoms with Crippen LogP contribution in [-0.4, -0.2) is 16.9 Å². The maximum atomic E-state index is 11.6. The summed E-state index contributed by atoms with van der Waals surface area (Å²) in [5.74, 6) is -1.22. The minimum atomic E-state index is -1.02. The molecule has 0 heterocycles. The Hall–Kier alpha value is -1.61. The first kappa shape index (κ1) is 11.5. The van der Waals surface area contributed by atoms with Crippen molar-refractivity contribution in [3.05, 3.63) is 46.5 Å². The molecule has 0 spiro atoms. The summed E-state index contributed by atoms with van der Waals surface area (Å²) >= 11 is 5.40. The van der Waals surface area contributed by atoms with Crippen LogP contribution in [0.3, 0.4) is 0 Å². The molecule has 0 unspecified atom stereocenters. The predicted molar refractivity (Wildman–Crippen MR) is 57.3 cm³/mol. The number of rotatable bonds is 3. The summed E-state index contributed by atoms with van der Waals surface area (Å²) in [6.07, 6.45) is 0. The zero-order valence-electron chi connectivity index (χ0n) is 8.03. The third-order valence-corrected chi connectivity index (χ3v) is 2.24. The highest BCUT2D eigenvalue weighted by molar-refractivity contribution is 6.28. The third-order valence-electron chi connectivity index (χ3n) is 1.92. The highest BCUT2D eigenvalue weighted by Crippen LogP contribution is 2.10.